The molecule has 0 saturated carbocycles. The van der Waals surface area contributed by atoms with E-state index < -0.39 is 5.82 Å². The van der Waals surface area contributed by atoms with Crippen LogP contribution in [0, 0.1) is 5.82 Å². The van der Waals surface area contributed by atoms with E-state index in [1.54, 1.807) is 30.3 Å². The molecule has 1 aliphatic rings. The molecule has 1 fully saturated rings. The minimum absolute atomic E-state index is 0.278. The summed E-state index contributed by atoms with van der Waals surface area (Å²) < 4.78 is 30.6. The zero-order valence-corrected chi connectivity index (χ0v) is 17.2. The van der Waals surface area contributed by atoms with Crippen molar-refractivity contribution in [2.45, 2.75) is 6.92 Å². The molecule has 0 aromatic heterocycles. The Bertz CT molecular complexity index is 910. The van der Waals surface area contributed by atoms with Gasteiger partial charge in [-0.2, -0.15) is 0 Å². The van der Waals surface area contributed by atoms with Crippen LogP contribution in [0.1, 0.15) is 22.8 Å². The molecule has 2 aromatic rings. The number of carbonyl (C=O) groups excluding carboxylic acids is 1. The first-order valence-corrected chi connectivity index (χ1v) is 9.76. The second-order valence-electron chi connectivity index (χ2n) is 6.43. The van der Waals surface area contributed by atoms with Crippen LogP contribution in [0.15, 0.2) is 36.4 Å². The lowest BCUT2D eigenvalue weighted by molar-refractivity contribution is 0.104. The maximum atomic E-state index is 14.5. The van der Waals surface area contributed by atoms with Crippen LogP contribution in [0.5, 0.6) is 11.5 Å². The highest BCUT2D eigenvalue weighted by molar-refractivity contribution is 6.32. The predicted molar refractivity (Wildman–Crippen MR) is 112 cm³/mol. The fraction of sp³-hybridized carbons (Fsp3) is 0.318. The second-order valence-corrected chi connectivity index (χ2v) is 6.84. The summed E-state index contributed by atoms with van der Waals surface area (Å²) in [7, 11) is 1.51. The third-order valence-corrected chi connectivity index (χ3v) is 4.83. The van der Waals surface area contributed by atoms with Gasteiger partial charge in [0.15, 0.2) is 17.3 Å². The van der Waals surface area contributed by atoms with Crippen molar-refractivity contribution >= 4 is 29.1 Å². The summed E-state index contributed by atoms with van der Waals surface area (Å²) in [6.07, 6.45) is 3.00. The lowest BCUT2D eigenvalue weighted by Gasteiger charge is -2.29. The predicted octanol–water partition coefficient (Wildman–Crippen LogP) is 4.62. The van der Waals surface area contributed by atoms with Crippen molar-refractivity contribution in [3.63, 3.8) is 0 Å². The van der Waals surface area contributed by atoms with Gasteiger partial charge in [0.2, 0.25) is 0 Å². The number of ether oxygens (including phenoxy) is 3. The van der Waals surface area contributed by atoms with Crippen molar-refractivity contribution in [1.29, 1.82) is 0 Å². The third kappa shape index (κ3) is 5.08. The molecule has 0 spiro atoms. The summed E-state index contributed by atoms with van der Waals surface area (Å²) in [4.78, 5) is 14.4. The van der Waals surface area contributed by atoms with Gasteiger partial charge in [-0.05, 0) is 48.9 Å². The van der Waals surface area contributed by atoms with Crippen molar-refractivity contribution in [2.24, 2.45) is 0 Å². The molecule has 0 aliphatic carbocycles. The number of methoxy groups -OCH3 is 1. The van der Waals surface area contributed by atoms with Gasteiger partial charge in [0.05, 0.1) is 37.6 Å². The molecule has 5 nitrogen and oxygen atoms in total. The topological polar surface area (TPSA) is 48.0 Å². The summed E-state index contributed by atoms with van der Waals surface area (Å²) >= 11 is 6.23. The van der Waals surface area contributed by atoms with Gasteiger partial charge in [0, 0.05) is 18.7 Å². The maximum Gasteiger partial charge on any atom is 0.185 e. The maximum absolute atomic E-state index is 14.5. The number of hydrogen-bond acceptors (Lipinski definition) is 5. The van der Waals surface area contributed by atoms with Gasteiger partial charge in [-0.25, -0.2) is 4.39 Å². The third-order valence-electron chi connectivity index (χ3n) is 4.55. The van der Waals surface area contributed by atoms with Gasteiger partial charge >= 0.3 is 0 Å². The molecule has 1 aliphatic heterocycles. The smallest absolute Gasteiger partial charge is 0.185 e. The van der Waals surface area contributed by atoms with Gasteiger partial charge in [0.1, 0.15) is 5.82 Å². The molecule has 0 atom stereocenters. The molecular formula is C22H23ClFNO4. The molecule has 0 amide bonds. The highest BCUT2D eigenvalue weighted by atomic mass is 35.5. The quantitative estimate of drug-likeness (QED) is 0.484. The molecule has 1 heterocycles. The lowest BCUT2D eigenvalue weighted by atomic mass is 10.1. The minimum atomic E-state index is -0.419. The van der Waals surface area contributed by atoms with E-state index in [4.69, 9.17) is 25.8 Å². The molecule has 0 radical (unpaired) electrons. The number of rotatable bonds is 7. The summed E-state index contributed by atoms with van der Waals surface area (Å²) in [6.45, 7) is 4.70. The van der Waals surface area contributed by atoms with Gasteiger partial charge in [-0.1, -0.05) is 17.7 Å². The van der Waals surface area contributed by atoms with E-state index in [-0.39, 0.29) is 11.3 Å². The van der Waals surface area contributed by atoms with E-state index in [1.807, 2.05) is 11.8 Å². The zero-order valence-electron chi connectivity index (χ0n) is 16.4. The standard InChI is InChI=1S/C22H23ClFNO4/c1-3-29-21-13-15(12-17(23)22(21)27-2)4-7-20(26)16-5-6-19(18(24)14-16)25-8-10-28-11-9-25/h4-7,12-14H,3,8-11H2,1-2H3/b7-4+. The van der Waals surface area contributed by atoms with Gasteiger partial charge < -0.3 is 19.1 Å². The zero-order chi connectivity index (χ0) is 20.8. The van der Waals surface area contributed by atoms with Crippen LogP contribution in [-0.4, -0.2) is 45.8 Å². The Morgan fingerprint density at radius 1 is 1.28 bits per heavy atom. The number of hydrogen-bond donors (Lipinski definition) is 0. The van der Waals surface area contributed by atoms with Crippen molar-refractivity contribution in [3.8, 4) is 11.5 Å². The van der Waals surface area contributed by atoms with Crippen molar-refractivity contribution in [1.82, 2.24) is 0 Å². The molecule has 0 unspecified atom stereocenters. The number of nitrogens with zero attached hydrogens (tertiary/aromatic N) is 1. The van der Waals surface area contributed by atoms with Crippen LogP contribution < -0.4 is 14.4 Å². The Morgan fingerprint density at radius 2 is 2.03 bits per heavy atom. The molecule has 0 bridgehead atoms. The fourth-order valence-corrected chi connectivity index (χ4v) is 3.43. The van der Waals surface area contributed by atoms with Crippen LogP contribution in [0.4, 0.5) is 10.1 Å². The molecule has 7 heteroatoms. The van der Waals surface area contributed by atoms with E-state index in [0.29, 0.717) is 60.7 Å². The minimum Gasteiger partial charge on any atom is -0.491 e. The number of anilines is 1. The molecule has 154 valence electrons. The van der Waals surface area contributed by atoms with Crippen molar-refractivity contribution in [2.75, 3.05) is 44.9 Å². The first kappa shape index (κ1) is 21.1. The van der Waals surface area contributed by atoms with Crippen molar-refractivity contribution < 1.29 is 23.4 Å². The van der Waals surface area contributed by atoms with Crippen LogP contribution >= 0.6 is 11.6 Å². The molecule has 1 saturated heterocycles. The van der Waals surface area contributed by atoms with E-state index >= 15 is 0 Å². The number of halogens is 2. The number of ketones is 1. The van der Waals surface area contributed by atoms with Crippen LogP contribution in [0.2, 0.25) is 5.02 Å². The first-order chi connectivity index (χ1) is 14.0. The lowest BCUT2D eigenvalue weighted by Crippen LogP contribution is -2.36. The largest absolute Gasteiger partial charge is 0.491 e. The summed E-state index contributed by atoms with van der Waals surface area (Å²) in [5.41, 5.74) is 1.44. The number of carbonyl (C=O) groups is 1. The summed E-state index contributed by atoms with van der Waals surface area (Å²) in [5, 5.41) is 0.381. The van der Waals surface area contributed by atoms with E-state index in [0.717, 1.165) is 0 Å². The molecule has 0 N–H and O–H groups in total. The number of morpholine rings is 1. The number of allylic oxidation sites excluding steroid dienone is 1. The van der Waals surface area contributed by atoms with Crippen LogP contribution in [-0.2, 0) is 4.74 Å². The average Bonchev–Trinajstić information content (AvgIpc) is 2.72. The second kappa shape index (κ2) is 9.76. The van der Waals surface area contributed by atoms with Gasteiger partial charge in [0.25, 0.3) is 0 Å². The first-order valence-electron chi connectivity index (χ1n) is 9.38. The highest BCUT2D eigenvalue weighted by Crippen LogP contribution is 2.36. The van der Waals surface area contributed by atoms with Gasteiger partial charge in [-0.3, -0.25) is 4.79 Å². The Labute approximate surface area is 174 Å². The average molecular weight is 420 g/mol. The summed E-state index contributed by atoms with van der Waals surface area (Å²) in [5.74, 6) is 0.216. The number of benzene rings is 2. The Morgan fingerprint density at radius 3 is 2.69 bits per heavy atom. The Kier molecular flexibility index (Phi) is 7.12. The van der Waals surface area contributed by atoms with E-state index in [1.165, 1.54) is 19.3 Å². The highest BCUT2D eigenvalue weighted by Gasteiger charge is 2.16. The Hall–Kier alpha value is -2.57. The van der Waals surface area contributed by atoms with Crippen molar-refractivity contribution in [3.05, 3.63) is 58.4 Å². The molecule has 29 heavy (non-hydrogen) atoms. The molecule has 2 aromatic carbocycles. The Balaban J connectivity index is 1.77. The van der Waals surface area contributed by atoms with E-state index in [2.05, 4.69) is 0 Å². The fourth-order valence-electron chi connectivity index (χ4n) is 3.13. The van der Waals surface area contributed by atoms with Crippen LogP contribution in [0.3, 0.4) is 0 Å². The molecular weight excluding hydrogens is 397 g/mol. The SMILES string of the molecule is CCOc1cc(/C=C/C(=O)c2ccc(N3CCOCC3)c(F)c2)cc(Cl)c1OC. The van der Waals surface area contributed by atoms with Gasteiger partial charge in [-0.15, -0.1) is 0 Å². The molecule has 3 rings (SSSR count). The van der Waals surface area contributed by atoms with E-state index in [9.17, 15) is 9.18 Å². The summed E-state index contributed by atoms with van der Waals surface area (Å²) in [6, 6.07) is 7.95. The monoisotopic (exact) mass is 419 g/mol. The van der Waals surface area contributed by atoms with Crippen LogP contribution in [0.25, 0.3) is 6.08 Å². The normalized spacial score (nSPS) is 14.3.